The molecule has 0 fully saturated rings. The lowest BCUT2D eigenvalue weighted by Gasteiger charge is -2.11. The Morgan fingerprint density at radius 1 is 1.06 bits per heavy atom. The van der Waals surface area contributed by atoms with Gasteiger partial charge in [-0.25, -0.2) is 10.5 Å². The van der Waals surface area contributed by atoms with E-state index in [2.05, 4.69) is 15.3 Å². The Morgan fingerprint density at radius 2 is 1.82 bits per heavy atom. The molecule has 172 valence electrons. The number of aromatic amines is 1. The average molecular weight is 476 g/mol. The average Bonchev–Trinajstić information content (AvgIpc) is 3.27. The van der Waals surface area contributed by atoms with Crippen LogP contribution in [0, 0.1) is 0 Å². The molecule has 1 aromatic heterocycles. The van der Waals surface area contributed by atoms with Gasteiger partial charge >= 0.3 is 0 Å². The number of aromatic nitrogens is 2. The molecule has 0 aliphatic carbocycles. The summed E-state index contributed by atoms with van der Waals surface area (Å²) in [6, 6.07) is 17.8. The van der Waals surface area contributed by atoms with Gasteiger partial charge in [-0.2, -0.15) is 0 Å². The van der Waals surface area contributed by atoms with Gasteiger partial charge in [0.25, 0.3) is 11.8 Å². The number of H-pyrrole nitrogens is 1. The van der Waals surface area contributed by atoms with E-state index in [9.17, 15) is 9.59 Å². The maximum atomic E-state index is 12.7. The minimum Gasteiger partial charge on any atom is -0.378 e. The van der Waals surface area contributed by atoms with Gasteiger partial charge in [0.15, 0.2) is 0 Å². The van der Waals surface area contributed by atoms with Gasteiger partial charge in [-0.15, -0.1) is 0 Å². The SMILES string of the molecule is CN(C)c1ccc2[nH]c(-c3cc(NC(=O)c4ccc(/C=C/C(=O)NO)cc4)ccc3Cl)nc2c1. The molecule has 0 saturated heterocycles. The van der Waals surface area contributed by atoms with Crippen molar-refractivity contribution in [1.82, 2.24) is 15.4 Å². The summed E-state index contributed by atoms with van der Waals surface area (Å²) in [6.07, 6.45) is 2.71. The second-order valence-electron chi connectivity index (χ2n) is 7.76. The van der Waals surface area contributed by atoms with E-state index >= 15 is 0 Å². The molecular weight excluding hydrogens is 454 g/mol. The van der Waals surface area contributed by atoms with E-state index in [1.807, 2.05) is 37.2 Å². The normalized spacial score (nSPS) is 11.1. The number of benzene rings is 3. The number of imidazole rings is 1. The number of hydroxylamine groups is 1. The van der Waals surface area contributed by atoms with E-state index in [4.69, 9.17) is 16.8 Å². The zero-order chi connectivity index (χ0) is 24.2. The Hall–Kier alpha value is -4.14. The third kappa shape index (κ3) is 5.09. The summed E-state index contributed by atoms with van der Waals surface area (Å²) in [5.41, 5.74) is 6.65. The molecule has 4 rings (SSSR count). The fraction of sp³-hybridized carbons (Fsp3) is 0.0800. The van der Waals surface area contributed by atoms with Crippen molar-refractivity contribution in [2.45, 2.75) is 0 Å². The molecule has 1 heterocycles. The number of hydrogen-bond donors (Lipinski definition) is 4. The van der Waals surface area contributed by atoms with Crippen LogP contribution in [0.5, 0.6) is 0 Å². The van der Waals surface area contributed by atoms with Crippen molar-refractivity contribution in [2.24, 2.45) is 0 Å². The van der Waals surface area contributed by atoms with E-state index in [0.29, 0.717) is 33.2 Å². The summed E-state index contributed by atoms with van der Waals surface area (Å²) in [5, 5.41) is 11.9. The highest BCUT2D eigenvalue weighted by Gasteiger charge is 2.13. The predicted molar refractivity (Wildman–Crippen MR) is 134 cm³/mol. The molecule has 8 nitrogen and oxygen atoms in total. The Balaban J connectivity index is 1.54. The molecule has 0 aliphatic rings. The Kier molecular flexibility index (Phi) is 6.62. The van der Waals surface area contributed by atoms with Gasteiger partial charge in [-0.1, -0.05) is 23.7 Å². The van der Waals surface area contributed by atoms with Crippen LogP contribution in [0.4, 0.5) is 11.4 Å². The van der Waals surface area contributed by atoms with Crippen LogP contribution in [0.2, 0.25) is 5.02 Å². The van der Waals surface area contributed by atoms with E-state index < -0.39 is 5.91 Å². The summed E-state index contributed by atoms with van der Waals surface area (Å²) < 4.78 is 0. The second-order valence-corrected chi connectivity index (χ2v) is 8.17. The third-order valence-corrected chi connectivity index (χ3v) is 5.50. The van der Waals surface area contributed by atoms with Crippen molar-refractivity contribution in [3.63, 3.8) is 0 Å². The molecule has 2 amide bonds. The van der Waals surface area contributed by atoms with Crippen LogP contribution in [0.15, 0.2) is 66.7 Å². The molecule has 4 aromatic rings. The minimum atomic E-state index is -0.636. The van der Waals surface area contributed by atoms with Crippen molar-refractivity contribution in [2.75, 3.05) is 24.3 Å². The highest BCUT2D eigenvalue weighted by atomic mass is 35.5. The van der Waals surface area contributed by atoms with Crippen LogP contribution < -0.4 is 15.7 Å². The molecule has 0 saturated carbocycles. The zero-order valence-corrected chi connectivity index (χ0v) is 19.2. The molecular formula is C25H22ClN5O3. The van der Waals surface area contributed by atoms with Gasteiger partial charge in [0.05, 0.1) is 16.1 Å². The highest BCUT2D eigenvalue weighted by Crippen LogP contribution is 2.31. The number of carbonyl (C=O) groups excluding carboxylic acids is 2. The van der Waals surface area contributed by atoms with Gasteiger partial charge in [-0.3, -0.25) is 14.8 Å². The summed E-state index contributed by atoms with van der Waals surface area (Å²) >= 11 is 6.44. The van der Waals surface area contributed by atoms with Crippen molar-refractivity contribution in [1.29, 1.82) is 0 Å². The maximum absolute atomic E-state index is 12.7. The van der Waals surface area contributed by atoms with Crippen molar-refractivity contribution in [3.05, 3.63) is 82.9 Å². The Labute approximate surface area is 200 Å². The molecule has 34 heavy (non-hydrogen) atoms. The molecule has 3 aromatic carbocycles. The van der Waals surface area contributed by atoms with Crippen LogP contribution in [-0.2, 0) is 4.79 Å². The number of anilines is 2. The number of hydrogen-bond acceptors (Lipinski definition) is 5. The summed E-state index contributed by atoms with van der Waals surface area (Å²) in [7, 11) is 3.94. The number of nitrogens with zero attached hydrogens (tertiary/aromatic N) is 2. The number of carbonyl (C=O) groups is 2. The smallest absolute Gasteiger partial charge is 0.267 e. The first kappa shape index (κ1) is 23.0. The number of halogens is 1. The topological polar surface area (TPSA) is 110 Å². The van der Waals surface area contributed by atoms with Crippen LogP contribution >= 0.6 is 11.6 Å². The first-order valence-corrected chi connectivity index (χ1v) is 10.7. The van der Waals surface area contributed by atoms with Crippen molar-refractivity contribution >= 4 is 51.9 Å². The van der Waals surface area contributed by atoms with Gasteiger partial charge in [-0.05, 0) is 60.2 Å². The minimum absolute atomic E-state index is 0.294. The number of amides is 2. The Bertz CT molecular complexity index is 1390. The molecule has 0 bridgehead atoms. The highest BCUT2D eigenvalue weighted by molar-refractivity contribution is 6.33. The zero-order valence-electron chi connectivity index (χ0n) is 18.5. The summed E-state index contributed by atoms with van der Waals surface area (Å²) in [6.45, 7) is 0. The third-order valence-electron chi connectivity index (χ3n) is 5.17. The molecule has 0 radical (unpaired) electrons. The van der Waals surface area contributed by atoms with E-state index in [1.165, 1.54) is 17.6 Å². The molecule has 0 unspecified atom stereocenters. The first-order valence-electron chi connectivity index (χ1n) is 10.3. The van der Waals surface area contributed by atoms with Crippen molar-refractivity contribution in [3.8, 4) is 11.4 Å². The molecule has 9 heteroatoms. The summed E-state index contributed by atoms with van der Waals surface area (Å²) in [4.78, 5) is 33.8. The van der Waals surface area contributed by atoms with E-state index in [0.717, 1.165) is 16.7 Å². The second kappa shape index (κ2) is 9.78. The molecule has 0 atom stereocenters. The predicted octanol–water partition coefficient (Wildman–Crippen LogP) is 4.72. The number of nitrogens with one attached hydrogen (secondary N) is 3. The Morgan fingerprint density at radius 3 is 2.53 bits per heavy atom. The van der Waals surface area contributed by atoms with Crippen LogP contribution in [0.1, 0.15) is 15.9 Å². The lowest BCUT2D eigenvalue weighted by Crippen LogP contribution is -2.14. The number of fused-ring (bicyclic) bond motifs is 1. The fourth-order valence-electron chi connectivity index (χ4n) is 3.34. The maximum Gasteiger partial charge on any atom is 0.267 e. The monoisotopic (exact) mass is 475 g/mol. The van der Waals surface area contributed by atoms with Crippen LogP contribution in [0.25, 0.3) is 28.5 Å². The van der Waals surface area contributed by atoms with Gasteiger partial charge < -0.3 is 15.2 Å². The quantitative estimate of drug-likeness (QED) is 0.183. The lowest BCUT2D eigenvalue weighted by molar-refractivity contribution is -0.124. The van der Waals surface area contributed by atoms with Crippen LogP contribution in [-0.4, -0.2) is 41.1 Å². The number of rotatable bonds is 6. The van der Waals surface area contributed by atoms with E-state index in [-0.39, 0.29) is 5.91 Å². The van der Waals surface area contributed by atoms with Gasteiger partial charge in [0.1, 0.15) is 5.82 Å². The molecule has 0 aliphatic heterocycles. The fourth-order valence-corrected chi connectivity index (χ4v) is 3.55. The van der Waals surface area contributed by atoms with Gasteiger partial charge in [0.2, 0.25) is 0 Å². The molecule has 0 spiro atoms. The first-order chi connectivity index (χ1) is 16.3. The lowest BCUT2D eigenvalue weighted by atomic mass is 10.1. The standard InChI is InChI=1S/C25H22ClN5O3/c1-31(2)18-9-11-21-22(14-18)29-24(28-21)19-13-17(8-10-20(19)26)27-25(33)16-6-3-15(4-7-16)5-12-23(32)30-34/h3-14,34H,1-2H3,(H,27,33)(H,28,29)(H,30,32)/b12-5+. The van der Waals surface area contributed by atoms with E-state index in [1.54, 1.807) is 42.5 Å². The summed E-state index contributed by atoms with van der Waals surface area (Å²) in [5.74, 6) is -0.324. The van der Waals surface area contributed by atoms with Crippen LogP contribution in [0.3, 0.4) is 0 Å². The van der Waals surface area contributed by atoms with Gasteiger partial charge in [0, 0.05) is 42.7 Å². The largest absolute Gasteiger partial charge is 0.378 e. The van der Waals surface area contributed by atoms with Crippen molar-refractivity contribution < 1.29 is 14.8 Å². The molecule has 4 N–H and O–H groups in total.